The summed E-state index contributed by atoms with van der Waals surface area (Å²) < 4.78 is 0. The Hall–Kier alpha value is -1.85. The fraction of sp³-hybridized carbons (Fsp3) is 0.643. The van der Waals surface area contributed by atoms with Gasteiger partial charge in [-0.3, -0.25) is 24.0 Å². The van der Waals surface area contributed by atoms with Crippen molar-refractivity contribution >= 4 is 28.9 Å². The number of hydrogen-bond acceptors (Lipinski definition) is 10. The Morgan fingerprint density at radius 1 is 0.833 bits per heavy atom. The van der Waals surface area contributed by atoms with E-state index in [9.17, 15) is 44.4 Å². The van der Waals surface area contributed by atoms with E-state index in [-0.39, 0.29) is 0 Å². The molecule has 0 saturated carbocycles. The lowest BCUT2D eigenvalue weighted by Gasteiger charge is -2.48. The highest BCUT2D eigenvalue weighted by Crippen LogP contribution is 2.39. The Morgan fingerprint density at radius 3 is 1.46 bits per heavy atom. The van der Waals surface area contributed by atoms with Crippen LogP contribution in [0.25, 0.3) is 0 Å². The van der Waals surface area contributed by atoms with Crippen LogP contribution in [-0.2, 0) is 24.0 Å². The fourth-order valence-corrected chi connectivity index (χ4v) is 2.50. The molecule has 24 heavy (non-hydrogen) atoms. The van der Waals surface area contributed by atoms with E-state index in [1.807, 2.05) is 0 Å². The first-order chi connectivity index (χ1) is 10.7. The maximum atomic E-state index is 12.0. The van der Waals surface area contributed by atoms with E-state index < -0.39 is 58.4 Å². The summed E-state index contributed by atoms with van der Waals surface area (Å²) in [5, 5.41) is 50.3. The van der Waals surface area contributed by atoms with Crippen LogP contribution in [0.15, 0.2) is 0 Å². The van der Waals surface area contributed by atoms with Gasteiger partial charge in [0, 0.05) is 6.92 Å². The molecule has 0 aliphatic carbocycles. The largest absolute Gasteiger partial charge is 0.394 e. The van der Waals surface area contributed by atoms with Crippen LogP contribution in [0.1, 0.15) is 27.7 Å². The first kappa shape index (κ1) is 22.1. The monoisotopic (exact) mass is 348 g/mol. The second kappa shape index (κ2) is 6.95. The van der Waals surface area contributed by atoms with E-state index in [1.165, 1.54) is 0 Å². The maximum absolute atomic E-state index is 12.0. The van der Waals surface area contributed by atoms with Crippen LogP contribution in [0.3, 0.4) is 0 Å². The summed E-state index contributed by atoms with van der Waals surface area (Å²) in [5.41, 5.74) is -11.4. The average molecular weight is 348 g/mol. The summed E-state index contributed by atoms with van der Waals surface area (Å²) >= 11 is 0. The molecular weight excluding hydrogens is 328 g/mol. The average Bonchev–Trinajstić information content (AvgIpc) is 2.49. The zero-order chi connectivity index (χ0) is 19.7. The molecule has 0 rings (SSSR count). The van der Waals surface area contributed by atoms with E-state index >= 15 is 0 Å². The number of carbonyl (C=O) groups is 5. The van der Waals surface area contributed by atoms with Gasteiger partial charge in [-0.2, -0.15) is 0 Å². The first-order valence-electron chi connectivity index (χ1n) is 6.71. The molecular formula is C14H20O10. The number of hydrogen-bond donors (Lipinski definition) is 5. The normalized spacial score (nSPS) is 20.0. The molecule has 4 atom stereocenters. The molecule has 0 aliphatic rings. The van der Waals surface area contributed by atoms with E-state index in [2.05, 4.69) is 0 Å². The standard InChI is InChI=1S/C14H20O10/c1-6(16)11(21)13(23,8(3)18)14(24,9(4)19)12(22,7(2)17)10(20)5-15/h10,15,20,22-24H,5H2,1-4H3/t10-,12-,13-,14+/m1/s1. The van der Waals surface area contributed by atoms with Crippen molar-refractivity contribution in [1.82, 2.24) is 0 Å². The van der Waals surface area contributed by atoms with Crippen LogP contribution in [0.2, 0.25) is 0 Å². The molecule has 0 aromatic carbocycles. The predicted molar refractivity (Wildman–Crippen MR) is 75.7 cm³/mol. The molecule has 0 saturated heterocycles. The van der Waals surface area contributed by atoms with Gasteiger partial charge in [0.05, 0.1) is 6.61 Å². The Morgan fingerprint density at radius 2 is 1.25 bits per heavy atom. The molecule has 136 valence electrons. The van der Waals surface area contributed by atoms with Gasteiger partial charge in [0.2, 0.25) is 17.0 Å². The third-order valence-corrected chi connectivity index (χ3v) is 3.93. The van der Waals surface area contributed by atoms with Gasteiger partial charge < -0.3 is 25.5 Å². The minimum atomic E-state index is -3.93. The third kappa shape index (κ3) is 2.72. The van der Waals surface area contributed by atoms with Crippen LogP contribution in [-0.4, -0.2) is 84.0 Å². The smallest absolute Gasteiger partial charge is 0.240 e. The lowest BCUT2D eigenvalue weighted by atomic mass is 9.61. The highest BCUT2D eigenvalue weighted by Gasteiger charge is 2.74. The molecule has 0 bridgehead atoms. The quantitative estimate of drug-likeness (QED) is 0.206. The zero-order valence-electron chi connectivity index (χ0n) is 13.6. The Balaban J connectivity index is 7.11. The van der Waals surface area contributed by atoms with Crippen molar-refractivity contribution in [2.45, 2.75) is 50.6 Å². The molecule has 0 heterocycles. The van der Waals surface area contributed by atoms with Crippen molar-refractivity contribution in [3.05, 3.63) is 0 Å². The lowest BCUT2D eigenvalue weighted by Crippen LogP contribution is -2.81. The number of aliphatic hydroxyl groups is 5. The Kier molecular flexibility index (Phi) is 6.41. The Bertz CT molecular complexity index is 596. The summed E-state index contributed by atoms with van der Waals surface area (Å²) in [5.74, 6) is -8.28. The number of rotatable bonds is 9. The van der Waals surface area contributed by atoms with E-state index in [0.29, 0.717) is 27.7 Å². The van der Waals surface area contributed by atoms with Gasteiger partial charge in [-0.15, -0.1) is 0 Å². The number of aliphatic hydroxyl groups excluding tert-OH is 2. The van der Waals surface area contributed by atoms with Crippen LogP contribution in [0, 0.1) is 0 Å². The highest BCUT2D eigenvalue weighted by atomic mass is 16.4. The molecule has 0 aromatic rings. The van der Waals surface area contributed by atoms with Crippen LogP contribution in [0.5, 0.6) is 0 Å². The molecule has 0 fully saturated rings. The topological polar surface area (TPSA) is 186 Å². The molecule has 10 nitrogen and oxygen atoms in total. The number of ketones is 5. The lowest BCUT2D eigenvalue weighted by molar-refractivity contribution is -0.246. The maximum Gasteiger partial charge on any atom is 0.240 e. The molecule has 10 heteroatoms. The second-order valence-electron chi connectivity index (χ2n) is 5.44. The zero-order valence-corrected chi connectivity index (χ0v) is 13.6. The van der Waals surface area contributed by atoms with E-state index in [0.717, 1.165) is 0 Å². The van der Waals surface area contributed by atoms with Crippen molar-refractivity contribution in [2.75, 3.05) is 6.61 Å². The van der Waals surface area contributed by atoms with Gasteiger partial charge in [0.1, 0.15) is 6.10 Å². The third-order valence-electron chi connectivity index (χ3n) is 3.93. The van der Waals surface area contributed by atoms with Crippen molar-refractivity contribution in [1.29, 1.82) is 0 Å². The van der Waals surface area contributed by atoms with Gasteiger partial charge in [-0.05, 0) is 20.8 Å². The van der Waals surface area contributed by atoms with Crippen molar-refractivity contribution in [3.63, 3.8) is 0 Å². The summed E-state index contributed by atoms with van der Waals surface area (Å²) in [4.78, 5) is 59.0. The summed E-state index contributed by atoms with van der Waals surface area (Å²) in [6.45, 7) is 0.853. The predicted octanol–water partition coefficient (Wildman–Crippen LogP) is -3.54. The molecule has 0 radical (unpaired) electrons. The van der Waals surface area contributed by atoms with E-state index in [4.69, 9.17) is 5.11 Å². The Labute approximate surface area is 136 Å². The van der Waals surface area contributed by atoms with Crippen molar-refractivity contribution < 1.29 is 49.5 Å². The summed E-state index contributed by atoms with van der Waals surface area (Å²) in [6.07, 6.45) is -2.56. The van der Waals surface area contributed by atoms with Gasteiger partial charge >= 0.3 is 0 Å². The molecule has 0 aliphatic heterocycles. The van der Waals surface area contributed by atoms with Crippen LogP contribution >= 0.6 is 0 Å². The minimum absolute atomic E-state index is 0.513. The second-order valence-corrected chi connectivity index (χ2v) is 5.44. The van der Waals surface area contributed by atoms with Crippen molar-refractivity contribution in [3.8, 4) is 0 Å². The van der Waals surface area contributed by atoms with E-state index in [1.54, 1.807) is 0 Å². The summed E-state index contributed by atoms with van der Waals surface area (Å²) in [7, 11) is 0. The number of carbonyl (C=O) groups excluding carboxylic acids is 5. The fourth-order valence-electron chi connectivity index (χ4n) is 2.50. The highest BCUT2D eigenvalue weighted by molar-refractivity contribution is 6.45. The molecule has 0 unspecified atom stereocenters. The SMILES string of the molecule is CC(=O)C(=O)[C@](O)(C(C)=O)[C@](O)(C(C)=O)[C@@](O)(C(C)=O)[C@H](O)CO. The van der Waals surface area contributed by atoms with Crippen molar-refractivity contribution in [2.24, 2.45) is 0 Å². The summed E-state index contributed by atoms with van der Waals surface area (Å²) in [6, 6.07) is 0. The number of Topliss-reactive ketones (excluding diaryl/α,β-unsaturated/α-hetero) is 5. The van der Waals surface area contributed by atoms with Gasteiger partial charge in [-0.25, -0.2) is 0 Å². The van der Waals surface area contributed by atoms with Gasteiger partial charge in [0.25, 0.3) is 0 Å². The minimum Gasteiger partial charge on any atom is -0.394 e. The van der Waals surface area contributed by atoms with Crippen LogP contribution < -0.4 is 0 Å². The first-order valence-corrected chi connectivity index (χ1v) is 6.71. The molecule has 0 spiro atoms. The van der Waals surface area contributed by atoms with Gasteiger partial charge in [0.15, 0.2) is 28.7 Å². The molecule has 0 amide bonds. The van der Waals surface area contributed by atoms with Crippen LogP contribution in [0.4, 0.5) is 0 Å². The molecule has 0 aromatic heterocycles. The molecule has 5 N–H and O–H groups in total. The van der Waals surface area contributed by atoms with Gasteiger partial charge in [-0.1, -0.05) is 0 Å².